The second kappa shape index (κ2) is 8.35. The summed E-state index contributed by atoms with van der Waals surface area (Å²) in [6.45, 7) is 4.33. The first-order valence-corrected chi connectivity index (χ1v) is 8.69. The van der Waals surface area contributed by atoms with Gasteiger partial charge < -0.3 is 15.4 Å². The molecule has 27 heavy (non-hydrogen) atoms. The van der Waals surface area contributed by atoms with Crippen molar-refractivity contribution in [2.45, 2.75) is 26.4 Å². The van der Waals surface area contributed by atoms with Crippen molar-refractivity contribution in [2.75, 3.05) is 7.11 Å². The highest BCUT2D eigenvalue weighted by Gasteiger charge is 2.14. The molecule has 1 unspecified atom stereocenters. The Bertz CT molecular complexity index is 891. The topological polar surface area (TPSA) is 81.1 Å². The van der Waals surface area contributed by atoms with Crippen LogP contribution in [-0.4, -0.2) is 27.7 Å². The maximum atomic E-state index is 12.2. The first-order valence-electron chi connectivity index (χ1n) is 8.69. The fourth-order valence-corrected chi connectivity index (χ4v) is 2.77. The molecule has 7 nitrogen and oxygen atoms in total. The monoisotopic (exact) mass is 365 g/mol. The van der Waals surface area contributed by atoms with Crippen LogP contribution in [0.1, 0.15) is 29.7 Å². The van der Waals surface area contributed by atoms with Gasteiger partial charge in [0.25, 0.3) is 0 Å². The van der Waals surface area contributed by atoms with Gasteiger partial charge in [-0.05, 0) is 31.5 Å². The third-order valence-electron chi connectivity index (χ3n) is 4.23. The van der Waals surface area contributed by atoms with Gasteiger partial charge in [0.15, 0.2) is 0 Å². The van der Waals surface area contributed by atoms with Crippen LogP contribution >= 0.6 is 0 Å². The molecule has 0 aliphatic carbocycles. The molecule has 0 aliphatic heterocycles. The number of benzene rings is 1. The van der Waals surface area contributed by atoms with Crippen LogP contribution < -0.4 is 15.4 Å². The van der Waals surface area contributed by atoms with Crippen LogP contribution in [0.2, 0.25) is 0 Å². The Morgan fingerprint density at radius 1 is 1.30 bits per heavy atom. The molecular formula is C20H23N5O2. The molecule has 140 valence electrons. The molecule has 7 heteroatoms. The maximum absolute atomic E-state index is 12.2. The van der Waals surface area contributed by atoms with Gasteiger partial charge in [-0.15, -0.1) is 0 Å². The molecule has 2 amide bonds. The number of aryl methyl sites for hydroxylation is 1. The van der Waals surface area contributed by atoms with Crippen LogP contribution in [0.25, 0.3) is 5.82 Å². The van der Waals surface area contributed by atoms with E-state index in [-0.39, 0.29) is 12.1 Å². The maximum Gasteiger partial charge on any atom is 0.315 e. The van der Waals surface area contributed by atoms with Gasteiger partial charge in [-0.25, -0.2) is 14.8 Å². The van der Waals surface area contributed by atoms with Gasteiger partial charge in [0.1, 0.15) is 17.9 Å². The molecule has 0 bridgehead atoms. The highest BCUT2D eigenvalue weighted by Crippen LogP contribution is 2.25. The van der Waals surface area contributed by atoms with Crippen molar-refractivity contribution in [3.05, 3.63) is 71.9 Å². The molecular weight excluding hydrogens is 342 g/mol. The lowest BCUT2D eigenvalue weighted by Crippen LogP contribution is -2.36. The summed E-state index contributed by atoms with van der Waals surface area (Å²) in [5.74, 6) is 1.54. The molecule has 1 aromatic carbocycles. The Morgan fingerprint density at radius 2 is 2.15 bits per heavy atom. The number of amides is 2. The summed E-state index contributed by atoms with van der Waals surface area (Å²) in [7, 11) is 1.63. The number of imidazole rings is 1. The predicted molar refractivity (Wildman–Crippen MR) is 103 cm³/mol. The highest BCUT2D eigenvalue weighted by molar-refractivity contribution is 5.74. The normalized spacial score (nSPS) is 11.7. The molecule has 2 aromatic heterocycles. The number of urea groups is 1. The van der Waals surface area contributed by atoms with Crippen LogP contribution in [0.5, 0.6) is 5.75 Å². The second-order valence-corrected chi connectivity index (χ2v) is 6.29. The van der Waals surface area contributed by atoms with Crippen LogP contribution in [-0.2, 0) is 6.54 Å². The van der Waals surface area contributed by atoms with E-state index in [9.17, 15) is 4.79 Å². The minimum atomic E-state index is -0.246. The van der Waals surface area contributed by atoms with Gasteiger partial charge in [-0.3, -0.25) is 4.57 Å². The van der Waals surface area contributed by atoms with Crippen LogP contribution in [0, 0.1) is 6.92 Å². The SMILES string of the molecule is COc1ccc(C)cc1C(C)NC(=O)NCc1ccc(-n2ccnc2)nc1. The quantitative estimate of drug-likeness (QED) is 0.703. The van der Waals surface area contributed by atoms with Crippen LogP contribution in [0.3, 0.4) is 0 Å². The third kappa shape index (κ3) is 4.63. The van der Waals surface area contributed by atoms with Crippen molar-refractivity contribution in [3.8, 4) is 11.6 Å². The summed E-state index contributed by atoms with van der Waals surface area (Å²) in [6.07, 6.45) is 6.96. The fraction of sp³-hybridized carbons (Fsp3) is 0.250. The van der Waals surface area contributed by atoms with Crippen LogP contribution in [0.15, 0.2) is 55.2 Å². The number of carbonyl (C=O) groups excluding carboxylic acids is 1. The van der Waals surface area contributed by atoms with E-state index < -0.39 is 0 Å². The molecule has 0 saturated heterocycles. The van der Waals surface area contributed by atoms with Gasteiger partial charge in [-0.2, -0.15) is 0 Å². The summed E-state index contributed by atoms with van der Waals surface area (Å²) >= 11 is 0. The first kappa shape index (κ1) is 18.4. The molecule has 0 saturated carbocycles. The Morgan fingerprint density at radius 3 is 2.81 bits per heavy atom. The zero-order valence-electron chi connectivity index (χ0n) is 15.6. The van der Waals surface area contributed by atoms with Crippen molar-refractivity contribution < 1.29 is 9.53 Å². The number of rotatable bonds is 6. The number of hydrogen-bond donors (Lipinski definition) is 2. The number of aromatic nitrogens is 3. The Balaban J connectivity index is 1.56. The summed E-state index contributed by atoms with van der Waals surface area (Å²) in [5, 5.41) is 5.80. The Labute approximate surface area is 158 Å². The Kier molecular flexibility index (Phi) is 5.71. The molecule has 0 fully saturated rings. The lowest BCUT2D eigenvalue weighted by molar-refractivity contribution is 0.237. The average Bonchev–Trinajstić information content (AvgIpc) is 3.21. The summed E-state index contributed by atoms with van der Waals surface area (Å²) in [6, 6.07) is 9.30. The zero-order valence-corrected chi connectivity index (χ0v) is 15.6. The lowest BCUT2D eigenvalue weighted by atomic mass is 10.0. The van der Waals surface area contributed by atoms with Gasteiger partial charge in [-0.1, -0.05) is 23.8 Å². The van der Waals surface area contributed by atoms with E-state index in [0.717, 1.165) is 28.3 Å². The molecule has 3 rings (SSSR count). The van der Waals surface area contributed by atoms with Crippen molar-refractivity contribution in [2.24, 2.45) is 0 Å². The second-order valence-electron chi connectivity index (χ2n) is 6.29. The third-order valence-corrected chi connectivity index (χ3v) is 4.23. The Hall–Kier alpha value is -3.35. The molecule has 2 N–H and O–H groups in total. The van der Waals surface area contributed by atoms with E-state index in [4.69, 9.17) is 4.74 Å². The van der Waals surface area contributed by atoms with Gasteiger partial charge in [0.2, 0.25) is 0 Å². The number of carbonyl (C=O) groups is 1. The van der Waals surface area contributed by atoms with E-state index >= 15 is 0 Å². The lowest BCUT2D eigenvalue weighted by Gasteiger charge is -2.18. The number of pyridine rings is 1. The number of hydrogen-bond acceptors (Lipinski definition) is 4. The van der Waals surface area contributed by atoms with Crippen molar-refractivity contribution in [1.82, 2.24) is 25.2 Å². The summed E-state index contributed by atoms with van der Waals surface area (Å²) < 4.78 is 7.21. The van der Waals surface area contributed by atoms with E-state index in [1.54, 1.807) is 25.8 Å². The highest BCUT2D eigenvalue weighted by atomic mass is 16.5. The smallest absolute Gasteiger partial charge is 0.315 e. The standard InChI is InChI=1S/C20H23N5O2/c1-14-4-6-18(27-3)17(10-14)15(2)24-20(26)23-12-16-5-7-19(22-11-16)25-9-8-21-13-25/h4-11,13,15H,12H2,1-3H3,(H2,23,24,26). The molecule has 0 radical (unpaired) electrons. The van der Waals surface area contributed by atoms with E-state index in [0.29, 0.717) is 6.54 Å². The summed E-state index contributed by atoms with van der Waals surface area (Å²) in [4.78, 5) is 20.6. The van der Waals surface area contributed by atoms with Crippen molar-refractivity contribution in [3.63, 3.8) is 0 Å². The number of nitrogens with one attached hydrogen (secondary N) is 2. The average molecular weight is 365 g/mol. The first-order chi connectivity index (χ1) is 13.1. The van der Waals surface area contributed by atoms with Gasteiger partial charge in [0.05, 0.1) is 13.2 Å². The number of ether oxygens (including phenoxy) is 1. The fourth-order valence-electron chi connectivity index (χ4n) is 2.77. The van der Waals surface area contributed by atoms with E-state index in [2.05, 4.69) is 20.6 Å². The van der Waals surface area contributed by atoms with E-state index in [1.165, 1.54) is 0 Å². The van der Waals surface area contributed by atoms with E-state index in [1.807, 2.05) is 54.9 Å². The van der Waals surface area contributed by atoms with Crippen molar-refractivity contribution in [1.29, 1.82) is 0 Å². The van der Waals surface area contributed by atoms with Crippen LogP contribution in [0.4, 0.5) is 4.79 Å². The zero-order chi connectivity index (χ0) is 19.2. The summed E-state index contributed by atoms with van der Waals surface area (Å²) in [5.41, 5.74) is 2.97. The van der Waals surface area contributed by atoms with Gasteiger partial charge >= 0.3 is 6.03 Å². The molecule has 0 spiro atoms. The number of methoxy groups -OCH3 is 1. The van der Waals surface area contributed by atoms with Crippen molar-refractivity contribution >= 4 is 6.03 Å². The molecule has 0 aliphatic rings. The molecule has 3 aromatic rings. The largest absolute Gasteiger partial charge is 0.496 e. The molecule has 1 atom stereocenters. The number of nitrogens with zero attached hydrogens (tertiary/aromatic N) is 3. The minimum absolute atomic E-state index is 0.179. The predicted octanol–water partition coefficient (Wildman–Crippen LogP) is 3.14. The minimum Gasteiger partial charge on any atom is -0.496 e. The van der Waals surface area contributed by atoms with Gasteiger partial charge in [0, 0.05) is 30.7 Å². The molecule has 2 heterocycles.